The van der Waals surface area contributed by atoms with Gasteiger partial charge in [-0.25, -0.2) is 13.1 Å². The molecule has 0 saturated heterocycles. The lowest BCUT2D eigenvalue weighted by Gasteiger charge is -2.34. The third kappa shape index (κ3) is 7.14. The van der Waals surface area contributed by atoms with Gasteiger partial charge in [0.1, 0.15) is 24.2 Å². The molecule has 2 amide bonds. The van der Waals surface area contributed by atoms with Gasteiger partial charge in [0, 0.05) is 34.1 Å². The molecule has 8 nitrogen and oxygen atoms in total. The van der Waals surface area contributed by atoms with Crippen molar-refractivity contribution in [2.75, 3.05) is 32.0 Å². The Balaban J connectivity index is 2.05. The molecule has 3 aromatic carbocycles. The van der Waals surface area contributed by atoms with E-state index in [0.717, 1.165) is 26.3 Å². The Morgan fingerprint density at radius 3 is 1.92 bits per heavy atom. The van der Waals surface area contributed by atoms with Crippen LogP contribution in [0.5, 0.6) is 0 Å². The van der Waals surface area contributed by atoms with Gasteiger partial charge in [0.25, 0.3) is 0 Å². The summed E-state index contributed by atoms with van der Waals surface area (Å²) in [6.45, 7) is -0.737. The van der Waals surface area contributed by atoms with E-state index in [1.54, 1.807) is 0 Å². The van der Waals surface area contributed by atoms with E-state index < -0.39 is 46.2 Å². The van der Waals surface area contributed by atoms with Crippen LogP contribution in [0.15, 0.2) is 78.9 Å². The zero-order chi connectivity index (χ0) is 27.9. The summed E-state index contributed by atoms with van der Waals surface area (Å²) in [5.41, 5.74) is 1.41. The van der Waals surface area contributed by atoms with Crippen molar-refractivity contribution < 1.29 is 26.8 Å². The topological polar surface area (TPSA) is 90.0 Å². The van der Waals surface area contributed by atoms with Crippen LogP contribution in [0.2, 0.25) is 0 Å². The number of nitrogens with one attached hydrogen (secondary N) is 1. The van der Waals surface area contributed by atoms with Crippen molar-refractivity contribution in [3.8, 4) is 0 Å². The first-order chi connectivity index (χ1) is 18.0. The van der Waals surface area contributed by atoms with E-state index in [0.29, 0.717) is 5.56 Å². The Kier molecular flexibility index (Phi) is 9.54. The SMILES string of the molecule is CNC(=O)C(Cc1ccccc1)N(Cc1ccc(F)cc1)C(=O)CN(c1ccc(F)cc1)S(=O)(=O)N(C)C. The lowest BCUT2D eigenvalue weighted by atomic mass is 10.0. The molecule has 1 N–H and O–H groups in total. The molecule has 38 heavy (non-hydrogen) atoms. The molecule has 1 unspecified atom stereocenters. The van der Waals surface area contributed by atoms with Crippen molar-refractivity contribution in [1.82, 2.24) is 14.5 Å². The molecule has 0 aliphatic carbocycles. The highest BCUT2D eigenvalue weighted by Gasteiger charge is 2.34. The second kappa shape index (κ2) is 12.6. The molecule has 0 saturated carbocycles. The lowest BCUT2D eigenvalue weighted by molar-refractivity contribution is -0.139. The van der Waals surface area contributed by atoms with Crippen molar-refractivity contribution in [2.45, 2.75) is 19.0 Å². The lowest BCUT2D eigenvalue weighted by Crippen LogP contribution is -2.53. The first-order valence-corrected chi connectivity index (χ1v) is 13.2. The summed E-state index contributed by atoms with van der Waals surface area (Å²) in [5, 5.41) is 2.58. The molecule has 0 heterocycles. The maximum Gasteiger partial charge on any atom is 0.304 e. The maximum atomic E-state index is 13.9. The van der Waals surface area contributed by atoms with E-state index in [4.69, 9.17) is 0 Å². The molecule has 11 heteroatoms. The van der Waals surface area contributed by atoms with E-state index in [9.17, 15) is 26.8 Å². The van der Waals surface area contributed by atoms with Crippen molar-refractivity contribution in [3.05, 3.63) is 102 Å². The molecule has 3 rings (SSSR count). The van der Waals surface area contributed by atoms with Crippen molar-refractivity contribution in [2.24, 2.45) is 0 Å². The molecular weight excluding hydrogens is 514 g/mol. The zero-order valence-electron chi connectivity index (χ0n) is 21.3. The van der Waals surface area contributed by atoms with Gasteiger partial charge < -0.3 is 10.2 Å². The number of benzene rings is 3. The van der Waals surface area contributed by atoms with Crippen LogP contribution in [0, 0.1) is 11.6 Å². The quantitative estimate of drug-likeness (QED) is 0.402. The van der Waals surface area contributed by atoms with Gasteiger partial charge in [0.15, 0.2) is 0 Å². The molecule has 1 atom stereocenters. The van der Waals surface area contributed by atoms with Gasteiger partial charge in [0.2, 0.25) is 11.8 Å². The Bertz CT molecular complexity index is 1340. The fourth-order valence-corrected chi connectivity index (χ4v) is 4.89. The third-order valence-electron chi connectivity index (χ3n) is 5.92. The fourth-order valence-electron chi connectivity index (χ4n) is 3.83. The Labute approximate surface area is 221 Å². The third-order valence-corrected chi connectivity index (χ3v) is 7.74. The van der Waals surface area contributed by atoms with E-state index in [2.05, 4.69) is 5.32 Å². The van der Waals surface area contributed by atoms with Crippen LogP contribution < -0.4 is 9.62 Å². The molecule has 0 spiro atoms. The number of rotatable bonds is 11. The van der Waals surface area contributed by atoms with Crippen molar-refractivity contribution in [3.63, 3.8) is 0 Å². The van der Waals surface area contributed by atoms with E-state index in [1.807, 2.05) is 30.3 Å². The van der Waals surface area contributed by atoms with Gasteiger partial charge in [-0.3, -0.25) is 9.59 Å². The van der Waals surface area contributed by atoms with Crippen molar-refractivity contribution >= 4 is 27.7 Å². The number of carbonyl (C=O) groups is 2. The molecule has 0 bridgehead atoms. The first-order valence-electron chi connectivity index (χ1n) is 11.8. The normalized spacial score (nSPS) is 12.2. The molecule has 0 fully saturated rings. The van der Waals surface area contributed by atoms with E-state index >= 15 is 0 Å². The van der Waals surface area contributed by atoms with E-state index in [-0.39, 0.29) is 18.7 Å². The second-order valence-electron chi connectivity index (χ2n) is 8.74. The van der Waals surface area contributed by atoms with Gasteiger partial charge in [-0.1, -0.05) is 42.5 Å². The number of hydrogen-bond acceptors (Lipinski definition) is 4. The summed E-state index contributed by atoms with van der Waals surface area (Å²) in [7, 11) is -0.0995. The maximum absolute atomic E-state index is 13.9. The van der Waals surface area contributed by atoms with Crippen LogP contribution in [-0.4, -0.2) is 63.2 Å². The highest BCUT2D eigenvalue weighted by atomic mass is 32.2. The van der Waals surface area contributed by atoms with Crippen molar-refractivity contribution in [1.29, 1.82) is 0 Å². The number of likely N-dealkylation sites (N-methyl/N-ethyl adjacent to an activating group) is 1. The van der Waals surface area contributed by atoms with Gasteiger partial charge in [-0.15, -0.1) is 0 Å². The van der Waals surface area contributed by atoms with Crippen LogP contribution in [-0.2, 0) is 32.8 Å². The summed E-state index contributed by atoms with van der Waals surface area (Å²) in [6, 6.07) is 18.2. The predicted molar refractivity (Wildman–Crippen MR) is 141 cm³/mol. The van der Waals surface area contributed by atoms with Gasteiger partial charge in [-0.2, -0.15) is 12.7 Å². The minimum absolute atomic E-state index is 0.0785. The average Bonchev–Trinajstić information content (AvgIpc) is 2.90. The van der Waals surface area contributed by atoms with Gasteiger partial charge >= 0.3 is 10.2 Å². The molecule has 0 aliphatic heterocycles. The Morgan fingerprint density at radius 2 is 1.39 bits per heavy atom. The van der Waals surface area contributed by atoms with Crippen LogP contribution in [0.3, 0.4) is 0 Å². The van der Waals surface area contributed by atoms with Crippen LogP contribution in [0.25, 0.3) is 0 Å². The second-order valence-corrected chi connectivity index (χ2v) is 10.8. The summed E-state index contributed by atoms with van der Waals surface area (Å²) in [6.07, 6.45) is 0.157. The zero-order valence-corrected chi connectivity index (χ0v) is 22.2. The summed E-state index contributed by atoms with van der Waals surface area (Å²) in [5.74, 6) is -2.15. The fraction of sp³-hybridized carbons (Fsp3) is 0.259. The molecule has 0 aliphatic rings. The van der Waals surface area contributed by atoms with E-state index in [1.165, 1.54) is 62.4 Å². The number of amides is 2. The minimum atomic E-state index is -4.18. The molecule has 0 radical (unpaired) electrons. The summed E-state index contributed by atoms with van der Waals surface area (Å²) >= 11 is 0. The largest absolute Gasteiger partial charge is 0.357 e. The number of nitrogens with zero attached hydrogens (tertiary/aromatic N) is 3. The molecule has 202 valence electrons. The number of halogens is 2. The Morgan fingerprint density at radius 1 is 0.842 bits per heavy atom. The molecule has 3 aromatic rings. The van der Waals surface area contributed by atoms with Crippen LogP contribution in [0.1, 0.15) is 11.1 Å². The number of carbonyl (C=O) groups excluding carboxylic acids is 2. The highest BCUT2D eigenvalue weighted by molar-refractivity contribution is 7.90. The minimum Gasteiger partial charge on any atom is -0.357 e. The summed E-state index contributed by atoms with van der Waals surface area (Å²) < 4.78 is 55.3. The van der Waals surface area contributed by atoms with Gasteiger partial charge in [0.05, 0.1) is 5.69 Å². The number of anilines is 1. The molecular formula is C27H30F2N4O4S. The monoisotopic (exact) mass is 544 g/mol. The average molecular weight is 545 g/mol. The summed E-state index contributed by atoms with van der Waals surface area (Å²) in [4.78, 5) is 28.2. The highest BCUT2D eigenvalue weighted by Crippen LogP contribution is 2.22. The Hall–Kier alpha value is -3.83. The smallest absolute Gasteiger partial charge is 0.304 e. The van der Waals surface area contributed by atoms with Gasteiger partial charge in [-0.05, 0) is 47.5 Å². The van der Waals surface area contributed by atoms with Crippen LogP contribution in [0.4, 0.5) is 14.5 Å². The molecule has 0 aromatic heterocycles. The number of hydrogen-bond donors (Lipinski definition) is 1. The predicted octanol–water partition coefficient (Wildman–Crippen LogP) is 2.96. The van der Waals surface area contributed by atoms with Crippen LogP contribution >= 0.6 is 0 Å². The standard InChI is InChI=1S/C27H30F2N4O4S/c1-30-27(35)25(17-20-7-5-4-6-8-20)32(18-21-9-11-22(28)12-10-21)26(34)19-33(38(36,37)31(2)3)24-15-13-23(29)14-16-24/h4-16,25H,17-19H2,1-3H3,(H,30,35). The first kappa shape index (κ1) is 28.7.